The van der Waals surface area contributed by atoms with Gasteiger partial charge < -0.3 is 24.8 Å². The number of anilines is 1. The van der Waals surface area contributed by atoms with Crippen molar-refractivity contribution in [3.63, 3.8) is 0 Å². The molecule has 0 aliphatic heterocycles. The van der Waals surface area contributed by atoms with E-state index in [1.54, 1.807) is 57.4 Å². The molecule has 0 unspecified atom stereocenters. The van der Waals surface area contributed by atoms with Gasteiger partial charge in [0.05, 0.1) is 14.2 Å². The molecule has 164 valence electrons. The van der Waals surface area contributed by atoms with Crippen molar-refractivity contribution in [2.75, 3.05) is 26.1 Å². The van der Waals surface area contributed by atoms with Crippen LogP contribution in [0.5, 0.6) is 11.5 Å². The van der Waals surface area contributed by atoms with Gasteiger partial charge in [-0.15, -0.1) is 0 Å². The third kappa shape index (κ3) is 7.50. The molecule has 0 bridgehead atoms. The van der Waals surface area contributed by atoms with E-state index in [-0.39, 0.29) is 18.4 Å². The molecule has 0 spiro atoms. The summed E-state index contributed by atoms with van der Waals surface area (Å²) in [5.74, 6) is -0.0314. The second kappa shape index (κ2) is 11.4. The molecular weight excluding hydrogens is 400 g/mol. The number of amides is 2. The first-order valence-corrected chi connectivity index (χ1v) is 9.56. The standard InChI is InChI=1S/C23H26N2O6/c1-15-13-19(31-14-22(27)30-4)10-11-20(15)25-23(28)16(2)24-21(26)12-7-17-5-8-18(29-3)9-6-17/h5-13,16H,14H2,1-4H3,(H,24,26)(H,25,28)/b12-7+/t16-/m0/s1. The van der Waals surface area contributed by atoms with Crippen LogP contribution in [0.3, 0.4) is 0 Å². The fraction of sp³-hybridized carbons (Fsp3) is 0.261. The summed E-state index contributed by atoms with van der Waals surface area (Å²) >= 11 is 0. The minimum absolute atomic E-state index is 0.200. The lowest BCUT2D eigenvalue weighted by Crippen LogP contribution is -2.41. The molecule has 0 fully saturated rings. The molecule has 1 atom stereocenters. The molecule has 2 aromatic carbocycles. The Hall–Kier alpha value is -3.81. The number of rotatable bonds is 9. The van der Waals surface area contributed by atoms with Crippen LogP contribution in [0.25, 0.3) is 6.08 Å². The summed E-state index contributed by atoms with van der Waals surface area (Å²) in [5.41, 5.74) is 2.15. The van der Waals surface area contributed by atoms with E-state index in [1.165, 1.54) is 13.2 Å². The third-order valence-electron chi connectivity index (χ3n) is 4.34. The molecule has 2 aromatic rings. The Kier molecular flexibility index (Phi) is 8.63. The van der Waals surface area contributed by atoms with Crippen LogP contribution in [-0.2, 0) is 19.1 Å². The molecular formula is C23H26N2O6. The minimum atomic E-state index is -0.748. The molecule has 0 aliphatic rings. The van der Waals surface area contributed by atoms with Crippen LogP contribution < -0.4 is 20.1 Å². The van der Waals surface area contributed by atoms with Crippen molar-refractivity contribution in [1.82, 2.24) is 5.32 Å². The van der Waals surface area contributed by atoms with Gasteiger partial charge in [-0.1, -0.05) is 12.1 Å². The van der Waals surface area contributed by atoms with E-state index < -0.39 is 12.0 Å². The number of carbonyl (C=O) groups is 3. The predicted octanol–water partition coefficient (Wildman–Crippen LogP) is 2.71. The lowest BCUT2D eigenvalue weighted by Gasteiger charge is -2.15. The van der Waals surface area contributed by atoms with Crippen molar-refractivity contribution < 1.29 is 28.6 Å². The molecule has 0 heterocycles. The monoisotopic (exact) mass is 426 g/mol. The van der Waals surface area contributed by atoms with E-state index in [1.807, 2.05) is 12.1 Å². The second-order valence-electron chi connectivity index (χ2n) is 6.67. The molecule has 0 aromatic heterocycles. The second-order valence-corrected chi connectivity index (χ2v) is 6.67. The predicted molar refractivity (Wildman–Crippen MR) is 117 cm³/mol. The largest absolute Gasteiger partial charge is 0.497 e. The summed E-state index contributed by atoms with van der Waals surface area (Å²) < 4.78 is 14.9. The van der Waals surface area contributed by atoms with Crippen molar-refractivity contribution in [1.29, 1.82) is 0 Å². The Bertz CT molecular complexity index is 953. The van der Waals surface area contributed by atoms with Crippen LogP contribution >= 0.6 is 0 Å². The molecule has 8 heteroatoms. The van der Waals surface area contributed by atoms with Crippen molar-refractivity contribution in [3.05, 3.63) is 59.7 Å². The summed E-state index contributed by atoms with van der Waals surface area (Å²) in [7, 11) is 2.87. The van der Waals surface area contributed by atoms with Crippen molar-refractivity contribution in [2.24, 2.45) is 0 Å². The van der Waals surface area contributed by atoms with E-state index in [0.717, 1.165) is 16.9 Å². The molecule has 2 rings (SSSR count). The third-order valence-corrected chi connectivity index (χ3v) is 4.34. The Labute approximate surface area is 181 Å². The summed E-state index contributed by atoms with van der Waals surface area (Å²) in [6.07, 6.45) is 3.01. The van der Waals surface area contributed by atoms with Crippen molar-refractivity contribution >= 4 is 29.5 Å². The van der Waals surface area contributed by atoms with Gasteiger partial charge in [-0.2, -0.15) is 0 Å². The number of carbonyl (C=O) groups excluding carboxylic acids is 3. The SMILES string of the molecule is COC(=O)COc1ccc(NC(=O)[C@H](C)NC(=O)/C=C/c2ccc(OC)cc2)c(C)c1. The topological polar surface area (TPSA) is 103 Å². The first-order chi connectivity index (χ1) is 14.8. The van der Waals surface area contributed by atoms with Gasteiger partial charge in [0.25, 0.3) is 0 Å². The van der Waals surface area contributed by atoms with E-state index in [4.69, 9.17) is 9.47 Å². The summed E-state index contributed by atoms with van der Waals surface area (Å²) in [6, 6.07) is 11.5. The highest BCUT2D eigenvalue weighted by atomic mass is 16.6. The molecule has 0 aliphatic carbocycles. The van der Waals surface area contributed by atoms with Crippen LogP contribution in [0.4, 0.5) is 5.69 Å². The van der Waals surface area contributed by atoms with E-state index >= 15 is 0 Å². The lowest BCUT2D eigenvalue weighted by molar-refractivity contribution is -0.142. The van der Waals surface area contributed by atoms with Gasteiger partial charge in [0.2, 0.25) is 11.8 Å². The molecule has 2 N–H and O–H groups in total. The number of ether oxygens (including phenoxy) is 3. The number of methoxy groups -OCH3 is 2. The van der Waals surface area contributed by atoms with Crippen LogP contribution in [0, 0.1) is 6.92 Å². The molecule has 0 saturated carbocycles. The smallest absolute Gasteiger partial charge is 0.343 e. The van der Waals surface area contributed by atoms with Crippen molar-refractivity contribution in [2.45, 2.75) is 19.9 Å². The maximum atomic E-state index is 12.4. The van der Waals surface area contributed by atoms with Gasteiger partial charge in [-0.3, -0.25) is 9.59 Å². The normalized spacial score (nSPS) is 11.5. The van der Waals surface area contributed by atoms with Crippen LogP contribution in [0.15, 0.2) is 48.5 Å². The fourth-order valence-corrected chi connectivity index (χ4v) is 2.52. The van der Waals surface area contributed by atoms with Crippen LogP contribution in [-0.4, -0.2) is 44.7 Å². The van der Waals surface area contributed by atoms with Gasteiger partial charge in [0.1, 0.15) is 17.5 Å². The number of nitrogens with one attached hydrogen (secondary N) is 2. The fourth-order valence-electron chi connectivity index (χ4n) is 2.52. The van der Waals surface area contributed by atoms with Gasteiger partial charge in [-0.25, -0.2) is 4.79 Å². The zero-order chi connectivity index (χ0) is 22.8. The van der Waals surface area contributed by atoms with E-state index in [0.29, 0.717) is 11.4 Å². The maximum absolute atomic E-state index is 12.4. The van der Waals surface area contributed by atoms with Crippen LogP contribution in [0.2, 0.25) is 0 Å². The summed E-state index contributed by atoms with van der Waals surface area (Å²) in [4.78, 5) is 35.7. The highest BCUT2D eigenvalue weighted by Crippen LogP contribution is 2.21. The molecule has 2 amide bonds. The molecule has 31 heavy (non-hydrogen) atoms. The first-order valence-electron chi connectivity index (χ1n) is 9.56. The minimum Gasteiger partial charge on any atom is -0.497 e. The molecule has 0 radical (unpaired) electrons. The Morgan fingerprint density at radius 3 is 2.32 bits per heavy atom. The zero-order valence-corrected chi connectivity index (χ0v) is 17.9. The van der Waals surface area contributed by atoms with Gasteiger partial charge >= 0.3 is 5.97 Å². The summed E-state index contributed by atoms with van der Waals surface area (Å²) in [6.45, 7) is 3.19. The molecule has 8 nitrogen and oxygen atoms in total. The maximum Gasteiger partial charge on any atom is 0.343 e. The number of esters is 1. The average Bonchev–Trinajstić information content (AvgIpc) is 2.77. The number of benzene rings is 2. The van der Waals surface area contributed by atoms with Crippen molar-refractivity contribution in [3.8, 4) is 11.5 Å². The number of hydrogen-bond acceptors (Lipinski definition) is 6. The average molecular weight is 426 g/mol. The Balaban J connectivity index is 1.88. The zero-order valence-electron chi connectivity index (χ0n) is 17.9. The van der Waals surface area contributed by atoms with Gasteiger partial charge in [-0.05, 0) is 61.4 Å². The van der Waals surface area contributed by atoms with E-state index in [9.17, 15) is 14.4 Å². The number of aryl methyl sites for hydroxylation is 1. The Morgan fingerprint density at radius 2 is 1.71 bits per heavy atom. The Morgan fingerprint density at radius 1 is 1.03 bits per heavy atom. The van der Waals surface area contributed by atoms with Gasteiger partial charge in [0, 0.05) is 11.8 Å². The van der Waals surface area contributed by atoms with Gasteiger partial charge in [0.15, 0.2) is 6.61 Å². The first kappa shape index (κ1) is 23.5. The van der Waals surface area contributed by atoms with Crippen LogP contribution in [0.1, 0.15) is 18.1 Å². The number of hydrogen-bond donors (Lipinski definition) is 2. The molecule has 0 saturated heterocycles. The highest BCUT2D eigenvalue weighted by molar-refractivity contribution is 6.00. The lowest BCUT2D eigenvalue weighted by atomic mass is 10.1. The quantitative estimate of drug-likeness (QED) is 0.472. The summed E-state index contributed by atoms with van der Waals surface area (Å²) in [5, 5.41) is 5.39. The van der Waals surface area contributed by atoms with E-state index in [2.05, 4.69) is 15.4 Å². The highest BCUT2D eigenvalue weighted by Gasteiger charge is 2.15.